The third-order valence-electron chi connectivity index (χ3n) is 2.57. The van der Waals surface area contributed by atoms with Gasteiger partial charge in [-0.25, -0.2) is 0 Å². The first-order valence-electron chi connectivity index (χ1n) is 6.13. The van der Waals surface area contributed by atoms with Gasteiger partial charge in [0.15, 0.2) is 11.5 Å². The van der Waals surface area contributed by atoms with Crippen molar-refractivity contribution in [3.05, 3.63) is 23.8 Å². The van der Waals surface area contributed by atoms with Crippen molar-refractivity contribution in [3.63, 3.8) is 0 Å². The molecule has 0 amide bonds. The van der Waals surface area contributed by atoms with E-state index >= 15 is 0 Å². The lowest BCUT2D eigenvalue weighted by Gasteiger charge is -2.12. The summed E-state index contributed by atoms with van der Waals surface area (Å²) in [6, 6.07) is 4.37. The van der Waals surface area contributed by atoms with Crippen LogP contribution in [-0.4, -0.2) is 39.9 Å². The van der Waals surface area contributed by atoms with Crippen LogP contribution in [0.5, 0.6) is 11.5 Å². The lowest BCUT2D eigenvalue weighted by molar-refractivity contribution is 0.174. The minimum absolute atomic E-state index is 0.171. The third-order valence-corrected chi connectivity index (χ3v) is 3.55. The van der Waals surface area contributed by atoms with E-state index in [1.807, 2.05) is 11.8 Å². The molecule has 0 aromatic heterocycles. The van der Waals surface area contributed by atoms with Gasteiger partial charge < -0.3 is 20.6 Å². The zero-order chi connectivity index (χ0) is 13.4. The van der Waals surface area contributed by atoms with E-state index in [0.717, 1.165) is 24.5 Å². The molecule has 0 radical (unpaired) electrons. The quantitative estimate of drug-likeness (QED) is 0.429. The van der Waals surface area contributed by atoms with Crippen LogP contribution in [0.3, 0.4) is 0 Å². The van der Waals surface area contributed by atoms with Crippen molar-refractivity contribution in [1.29, 1.82) is 0 Å². The Morgan fingerprint density at radius 2 is 2.06 bits per heavy atom. The molecule has 1 rings (SSSR count). The number of aliphatic hydroxyl groups is 1. The second kappa shape index (κ2) is 8.24. The SMILES string of the molecule is CCSCCCNCC(O)c1ccc(O)c(O)c1. The number of nitrogens with one attached hydrogen (secondary N) is 1. The lowest BCUT2D eigenvalue weighted by Crippen LogP contribution is -2.22. The Morgan fingerprint density at radius 3 is 2.72 bits per heavy atom. The van der Waals surface area contributed by atoms with E-state index in [9.17, 15) is 15.3 Å². The molecule has 4 N–H and O–H groups in total. The molecule has 0 spiro atoms. The van der Waals surface area contributed by atoms with Crippen molar-refractivity contribution < 1.29 is 15.3 Å². The number of phenols is 2. The first-order valence-corrected chi connectivity index (χ1v) is 7.29. The van der Waals surface area contributed by atoms with Crippen LogP contribution in [0.25, 0.3) is 0 Å². The Kier molecular flexibility index (Phi) is 6.93. The van der Waals surface area contributed by atoms with Gasteiger partial charge in [0, 0.05) is 6.54 Å². The van der Waals surface area contributed by atoms with E-state index in [1.54, 1.807) is 6.07 Å². The van der Waals surface area contributed by atoms with E-state index in [1.165, 1.54) is 12.1 Å². The second-order valence-electron chi connectivity index (χ2n) is 4.02. The largest absolute Gasteiger partial charge is 0.504 e. The predicted octanol–water partition coefficient (Wildman–Crippen LogP) is 1.86. The molecule has 1 atom stereocenters. The lowest BCUT2D eigenvalue weighted by atomic mass is 10.1. The summed E-state index contributed by atoms with van der Waals surface area (Å²) >= 11 is 1.90. The molecule has 102 valence electrons. The van der Waals surface area contributed by atoms with Crippen molar-refractivity contribution in [2.24, 2.45) is 0 Å². The summed E-state index contributed by atoms with van der Waals surface area (Å²) in [7, 11) is 0. The fourth-order valence-electron chi connectivity index (χ4n) is 1.55. The molecule has 4 nitrogen and oxygen atoms in total. The van der Waals surface area contributed by atoms with Gasteiger partial charge in [-0.15, -0.1) is 0 Å². The summed E-state index contributed by atoms with van der Waals surface area (Å²) < 4.78 is 0. The van der Waals surface area contributed by atoms with E-state index < -0.39 is 6.10 Å². The van der Waals surface area contributed by atoms with E-state index in [0.29, 0.717) is 12.1 Å². The number of thioether (sulfide) groups is 1. The first kappa shape index (κ1) is 15.1. The van der Waals surface area contributed by atoms with Gasteiger partial charge in [0.25, 0.3) is 0 Å². The summed E-state index contributed by atoms with van der Waals surface area (Å²) in [6.07, 6.45) is 0.404. The van der Waals surface area contributed by atoms with Crippen molar-refractivity contribution >= 4 is 11.8 Å². The second-order valence-corrected chi connectivity index (χ2v) is 5.41. The van der Waals surface area contributed by atoms with Crippen molar-refractivity contribution in [3.8, 4) is 11.5 Å². The molecule has 0 bridgehead atoms. The average molecular weight is 271 g/mol. The van der Waals surface area contributed by atoms with Crippen LogP contribution in [0.4, 0.5) is 0 Å². The molecule has 5 heteroatoms. The molecule has 0 saturated heterocycles. The number of hydrogen-bond acceptors (Lipinski definition) is 5. The van der Waals surface area contributed by atoms with Crippen LogP contribution in [0.15, 0.2) is 18.2 Å². The molecule has 0 heterocycles. The van der Waals surface area contributed by atoms with Crippen molar-refractivity contribution in [1.82, 2.24) is 5.32 Å². The number of aliphatic hydroxyl groups excluding tert-OH is 1. The van der Waals surface area contributed by atoms with Gasteiger partial charge in [-0.2, -0.15) is 11.8 Å². The zero-order valence-electron chi connectivity index (χ0n) is 10.6. The summed E-state index contributed by atoms with van der Waals surface area (Å²) in [6.45, 7) is 3.45. The van der Waals surface area contributed by atoms with E-state index in [-0.39, 0.29) is 11.5 Å². The van der Waals surface area contributed by atoms with Crippen LogP contribution < -0.4 is 5.32 Å². The maximum Gasteiger partial charge on any atom is 0.157 e. The molecular formula is C13H21NO3S. The Hall–Kier alpha value is -0.910. The van der Waals surface area contributed by atoms with Gasteiger partial charge in [0.1, 0.15) is 0 Å². The van der Waals surface area contributed by atoms with Gasteiger partial charge >= 0.3 is 0 Å². The van der Waals surface area contributed by atoms with Crippen LogP contribution >= 0.6 is 11.8 Å². The Balaban J connectivity index is 2.27. The highest BCUT2D eigenvalue weighted by Gasteiger charge is 2.09. The van der Waals surface area contributed by atoms with Gasteiger partial charge in [0.2, 0.25) is 0 Å². The van der Waals surface area contributed by atoms with Gasteiger partial charge in [0.05, 0.1) is 6.10 Å². The maximum absolute atomic E-state index is 9.88. The fourth-order valence-corrected chi connectivity index (χ4v) is 2.19. The minimum Gasteiger partial charge on any atom is -0.504 e. The van der Waals surface area contributed by atoms with Crippen molar-refractivity contribution in [2.45, 2.75) is 19.4 Å². The summed E-state index contributed by atoms with van der Waals surface area (Å²) in [5.41, 5.74) is 0.598. The Labute approximate surface area is 112 Å². The van der Waals surface area contributed by atoms with E-state index in [4.69, 9.17) is 0 Å². The molecule has 1 unspecified atom stereocenters. The highest BCUT2D eigenvalue weighted by molar-refractivity contribution is 7.99. The smallest absolute Gasteiger partial charge is 0.157 e. The topological polar surface area (TPSA) is 72.7 Å². The predicted molar refractivity (Wildman–Crippen MR) is 75.2 cm³/mol. The maximum atomic E-state index is 9.88. The number of benzene rings is 1. The molecule has 0 aliphatic heterocycles. The Bertz CT molecular complexity index is 360. The molecule has 0 saturated carbocycles. The third kappa shape index (κ3) is 5.16. The highest BCUT2D eigenvalue weighted by atomic mass is 32.2. The monoisotopic (exact) mass is 271 g/mol. The van der Waals surface area contributed by atoms with Crippen LogP contribution in [-0.2, 0) is 0 Å². The van der Waals surface area contributed by atoms with Gasteiger partial charge in [-0.1, -0.05) is 13.0 Å². The Morgan fingerprint density at radius 1 is 1.28 bits per heavy atom. The molecule has 0 fully saturated rings. The van der Waals surface area contributed by atoms with E-state index in [2.05, 4.69) is 12.2 Å². The average Bonchev–Trinajstić information content (AvgIpc) is 2.36. The molecule has 0 aliphatic carbocycles. The number of hydrogen-bond donors (Lipinski definition) is 4. The van der Waals surface area contributed by atoms with Gasteiger partial charge in [-0.05, 0) is 42.2 Å². The first-order chi connectivity index (χ1) is 8.65. The fraction of sp³-hybridized carbons (Fsp3) is 0.538. The number of phenolic OH excluding ortho intramolecular Hbond substituents is 2. The zero-order valence-corrected chi connectivity index (χ0v) is 11.4. The summed E-state index contributed by atoms with van der Waals surface area (Å²) in [4.78, 5) is 0. The molecule has 1 aromatic rings. The molecule has 18 heavy (non-hydrogen) atoms. The number of aromatic hydroxyl groups is 2. The molecule has 1 aromatic carbocycles. The van der Waals surface area contributed by atoms with Crippen molar-refractivity contribution in [2.75, 3.05) is 24.6 Å². The molecule has 0 aliphatic rings. The standard InChI is InChI=1S/C13H21NO3S/c1-2-18-7-3-6-14-9-13(17)10-4-5-11(15)12(16)8-10/h4-5,8,13-17H,2-3,6-7,9H2,1H3. The minimum atomic E-state index is -0.671. The summed E-state index contributed by atoms with van der Waals surface area (Å²) in [5, 5.41) is 31.6. The van der Waals surface area contributed by atoms with Crippen LogP contribution in [0.2, 0.25) is 0 Å². The molecular weight excluding hydrogens is 250 g/mol. The number of rotatable bonds is 8. The summed E-state index contributed by atoms with van der Waals surface area (Å²) in [5.74, 6) is 1.89. The van der Waals surface area contributed by atoms with Crippen LogP contribution in [0.1, 0.15) is 25.0 Å². The normalized spacial score (nSPS) is 12.6. The van der Waals surface area contributed by atoms with Gasteiger partial charge in [-0.3, -0.25) is 0 Å². The van der Waals surface area contributed by atoms with Crippen LogP contribution in [0, 0.1) is 0 Å². The highest BCUT2D eigenvalue weighted by Crippen LogP contribution is 2.27.